The van der Waals surface area contributed by atoms with Gasteiger partial charge in [-0.05, 0) is 18.6 Å². The Morgan fingerprint density at radius 3 is 2.64 bits per heavy atom. The Balaban J connectivity index is 1.97. The van der Waals surface area contributed by atoms with Gasteiger partial charge in [0.05, 0.1) is 4.90 Å². The van der Waals surface area contributed by atoms with Crippen LogP contribution in [-0.4, -0.2) is 53.9 Å². The number of nitrogens with zero attached hydrogens (tertiary/aromatic N) is 1. The number of hydrogen-bond acceptors (Lipinski definition) is 6. The molecule has 9 nitrogen and oxygen atoms in total. The molecule has 3 amide bonds. The van der Waals surface area contributed by atoms with Gasteiger partial charge in [0, 0.05) is 24.1 Å². The van der Waals surface area contributed by atoms with E-state index in [1.807, 2.05) is 0 Å². The summed E-state index contributed by atoms with van der Waals surface area (Å²) in [6.07, 6.45) is 0.238. The first kappa shape index (κ1) is 17.1. The number of sulfone groups is 1. The molecule has 0 spiro atoms. The van der Waals surface area contributed by atoms with Crippen molar-refractivity contribution in [2.24, 2.45) is 0 Å². The Morgan fingerprint density at radius 2 is 2.00 bits per heavy atom. The van der Waals surface area contributed by atoms with Crippen LogP contribution >= 0.6 is 0 Å². The van der Waals surface area contributed by atoms with Crippen molar-refractivity contribution in [1.29, 1.82) is 0 Å². The van der Waals surface area contributed by atoms with Crippen LogP contribution in [0.1, 0.15) is 28.8 Å². The number of carboxylic acids is 1. The van der Waals surface area contributed by atoms with Gasteiger partial charge in [0.15, 0.2) is 15.6 Å². The maximum atomic E-state index is 12.6. The van der Waals surface area contributed by atoms with E-state index >= 15 is 0 Å². The largest absolute Gasteiger partial charge is 0.480 e. The van der Waals surface area contributed by atoms with Gasteiger partial charge in [-0.3, -0.25) is 24.5 Å². The summed E-state index contributed by atoms with van der Waals surface area (Å²) in [6.45, 7) is -0.129. The van der Waals surface area contributed by atoms with Crippen molar-refractivity contribution in [2.45, 2.75) is 30.3 Å². The van der Waals surface area contributed by atoms with Gasteiger partial charge >= 0.3 is 5.97 Å². The number of amides is 3. The fourth-order valence-corrected chi connectivity index (χ4v) is 4.41. The lowest BCUT2D eigenvalue weighted by Gasteiger charge is -2.29. The molecule has 2 aliphatic rings. The Morgan fingerprint density at radius 1 is 1.28 bits per heavy atom. The number of fused-ring (bicyclic) bond motifs is 1. The van der Waals surface area contributed by atoms with Gasteiger partial charge in [0.1, 0.15) is 6.04 Å². The maximum absolute atomic E-state index is 12.6. The lowest BCUT2D eigenvalue weighted by atomic mass is 10.0. The van der Waals surface area contributed by atoms with Gasteiger partial charge in [-0.1, -0.05) is 6.07 Å². The highest BCUT2D eigenvalue weighted by Gasteiger charge is 2.41. The smallest absolute Gasteiger partial charge is 0.319 e. The molecule has 0 saturated carbocycles. The number of carboxylic acid groups (broad SMARTS) is 1. The summed E-state index contributed by atoms with van der Waals surface area (Å²) in [5.74, 6) is -4.13. The van der Waals surface area contributed by atoms with Crippen LogP contribution in [0.4, 0.5) is 0 Å². The Labute approximate surface area is 142 Å². The zero-order chi connectivity index (χ0) is 18.4. The highest BCUT2D eigenvalue weighted by Crippen LogP contribution is 2.32. The number of rotatable bonds is 4. The number of carbonyl (C=O) groups excluding carboxylic acids is 3. The average Bonchev–Trinajstić information content (AvgIpc) is 2.83. The van der Waals surface area contributed by atoms with Crippen LogP contribution in [0.2, 0.25) is 0 Å². The normalized spacial score (nSPS) is 20.4. The molecule has 0 bridgehead atoms. The van der Waals surface area contributed by atoms with Gasteiger partial charge in [-0.25, -0.2) is 8.42 Å². The van der Waals surface area contributed by atoms with Crippen LogP contribution in [0, 0.1) is 0 Å². The molecule has 0 radical (unpaired) electrons. The van der Waals surface area contributed by atoms with Gasteiger partial charge < -0.3 is 10.0 Å². The summed E-state index contributed by atoms with van der Waals surface area (Å²) in [6, 6.07) is 3.17. The van der Waals surface area contributed by atoms with E-state index in [4.69, 9.17) is 5.11 Å². The molecule has 0 aromatic heterocycles. The summed E-state index contributed by atoms with van der Waals surface area (Å²) in [5.41, 5.74) is 0.301. The standard InChI is InChI=1S/C15H14N2O7S/c18-12-5-4-10(14(21)16-12)17-6-9-8(15(17)22)2-1-3-11(9)25(23,24)7-13(19)20/h1-3,10H,4-7H2,(H,19,20)(H,16,18,21). The number of imide groups is 1. The molecule has 1 aromatic carbocycles. The quantitative estimate of drug-likeness (QED) is 0.672. The van der Waals surface area contributed by atoms with Crippen molar-refractivity contribution in [3.63, 3.8) is 0 Å². The van der Waals surface area contributed by atoms with Crippen LogP contribution in [0.3, 0.4) is 0 Å². The van der Waals surface area contributed by atoms with Crippen LogP contribution in [-0.2, 0) is 30.8 Å². The molecule has 1 fully saturated rings. The topological polar surface area (TPSA) is 138 Å². The molecule has 1 saturated heterocycles. The predicted molar refractivity (Wildman–Crippen MR) is 82.2 cm³/mol. The van der Waals surface area contributed by atoms with Crippen molar-refractivity contribution in [3.8, 4) is 0 Å². The third-order valence-electron chi connectivity index (χ3n) is 4.19. The molecular weight excluding hydrogens is 352 g/mol. The van der Waals surface area contributed by atoms with Crippen LogP contribution in [0.5, 0.6) is 0 Å². The van der Waals surface area contributed by atoms with Crippen LogP contribution in [0.25, 0.3) is 0 Å². The monoisotopic (exact) mass is 366 g/mol. The second-order valence-corrected chi connectivity index (χ2v) is 7.79. The first-order valence-electron chi connectivity index (χ1n) is 7.42. The van der Waals surface area contributed by atoms with Gasteiger partial charge in [-0.15, -0.1) is 0 Å². The molecule has 1 aromatic rings. The molecule has 132 valence electrons. The molecule has 25 heavy (non-hydrogen) atoms. The number of aliphatic carboxylic acids is 1. The maximum Gasteiger partial charge on any atom is 0.319 e. The van der Waals surface area contributed by atoms with Gasteiger partial charge in [-0.2, -0.15) is 0 Å². The van der Waals surface area contributed by atoms with E-state index in [0.717, 1.165) is 0 Å². The third kappa shape index (κ3) is 3.00. The minimum absolute atomic E-state index is 0.0840. The van der Waals surface area contributed by atoms with E-state index in [-0.39, 0.29) is 35.4 Å². The van der Waals surface area contributed by atoms with E-state index in [2.05, 4.69) is 5.32 Å². The van der Waals surface area contributed by atoms with Gasteiger partial charge in [0.25, 0.3) is 5.91 Å². The molecule has 10 heteroatoms. The summed E-state index contributed by atoms with van der Waals surface area (Å²) in [5, 5.41) is 10.9. The van der Waals surface area contributed by atoms with Crippen molar-refractivity contribution >= 4 is 33.5 Å². The lowest BCUT2D eigenvalue weighted by molar-refractivity contribution is -0.137. The zero-order valence-corrected chi connectivity index (χ0v) is 13.7. The second-order valence-electron chi connectivity index (χ2n) is 5.84. The van der Waals surface area contributed by atoms with E-state index < -0.39 is 45.3 Å². The lowest BCUT2D eigenvalue weighted by Crippen LogP contribution is -2.52. The van der Waals surface area contributed by atoms with Crippen LogP contribution in [0.15, 0.2) is 23.1 Å². The van der Waals surface area contributed by atoms with E-state index in [1.54, 1.807) is 0 Å². The summed E-state index contributed by atoms with van der Waals surface area (Å²) in [4.78, 5) is 47.6. The summed E-state index contributed by atoms with van der Waals surface area (Å²) >= 11 is 0. The molecule has 1 atom stereocenters. The number of nitrogens with one attached hydrogen (secondary N) is 1. The number of piperidine rings is 1. The molecular formula is C15H14N2O7S. The third-order valence-corrected chi connectivity index (χ3v) is 5.87. The van der Waals surface area contributed by atoms with Gasteiger partial charge in [0.2, 0.25) is 11.8 Å². The van der Waals surface area contributed by atoms with E-state index in [0.29, 0.717) is 0 Å². The average molecular weight is 366 g/mol. The highest BCUT2D eigenvalue weighted by molar-refractivity contribution is 7.92. The number of carbonyl (C=O) groups is 4. The SMILES string of the molecule is O=C(O)CS(=O)(=O)c1cccc2c1CN(C1CCC(=O)NC1=O)C2=O. The minimum Gasteiger partial charge on any atom is -0.480 e. The summed E-state index contributed by atoms with van der Waals surface area (Å²) < 4.78 is 24.5. The molecule has 2 heterocycles. The number of hydrogen-bond donors (Lipinski definition) is 2. The van der Waals surface area contributed by atoms with Crippen molar-refractivity contribution < 1.29 is 32.7 Å². The number of benzene rings is 1. The molecule has 0 aliphatic carbocycles. The van der Waals surface area contributed by atoms with Crippen molar-refractivity contribution in [2.75, 3.05) is 5.75 Å². The fraction of sp³-hybridized carbons (Fsp3) is 0.333. The zero-order valence-electron chi connectivity index (χ0n) is 12.9. The first-order chi connectivity index (χ1) is 11.7. The second kappa shape index (κ2) is 5.96. The fourth-order valence-electron chi connectivity index (χ4n) is 3.09. The van der Waals surface area contributed by atoms with Crippen molar-refractivity contribution in [3.05, 3.63) is 29.3 Å². The molecule has 1 unspecified atom stereocenters. The highest BCUT2D eigenvalue weighted by atomic mass is 32.2. The Hall–Kier alpha value is -2.75. The molecule has 2 N–H and O–H groups in total. The Bertz CT molecular complexity index is 906. The van der Waals surface area contributed by atoms with Crippen molar-refractivity contribution in [1.82, 2.24) is 10.2 Å². The van der Waals surface area contributed by atoms with Crippen LogP contribution < -0.4 is 5.32 Å². The van der Waals surface area contributed by atoms with E-state index in [9.17, 15) is 27.6 Å². The summed E-state index contributed by atoms with van der Waals surface area (Å²) in [7, 11) is -4.12. The predicted octanol–water partition coefficient (Wildman–Crippen LogP) is -0.694. The first-order valence-corrected chi connectivity index (χ1v) is 9.07. The Kier molecular flexibility index (Phi) is 4.07. The molecule has 2 aliphatic heterocycles. The molecule has 3 rings (SSSR count). The minimum atomic E-state index is -4.12. The van der Waals surface area contributed by atoms with E-state index in [1.165, 1.54) is 23.1 Å².